The van der Waals surface area contributed by atoms with Gasteiger partial charge < -0.3 is 14.4 Å². The molecule has 1 aromatic rings. The average molecular weight is 330 g/mol. The van der Waals surface area contributed by atoms with Crippen molar-refractivity contribution in [2.45, 2.75) is 32.1 Å². The molecule has 3 fully saturated rings. The third-order valence-corrected chi connectivity index (χ3v) is 6.17. The zero-order chi connectivity index (χ0) is 16.7. The van der Waals surface area contributed by atoms with Gasteiger partial charge in [-0.2, -0.15) is 0 Å². The highest BCUT2D eigenvalue weighted by molar-refractivity contribution is 5.79. The predicted octanol–water partition coefficient (Wildman–Crippen LogP) is 1.26. The number of likely N-dealkylation sites (tertiary alicyclic amines) is 1. The van der Waals surface area contributed by atoms with Gasteiger partial charge in [-0.25, -0.2) is 4.98 Å². The number of aryl methyl sites for hydroxylation is 1. The second-order valence-corrected chi connectivity index (χ2v) is 7.65. The molecule has 0 bridgehead atoms. The van der Waals surface area contributed by atoms with E-state index in [1.165, 1.54) is 23.8 Å². The molecule has 2 atom stereocenters. The van der Waals surface area contributed by atoms with E-state index in [1.807, 2.05) is 0 Å². The van der Waals surface area contributed by atoms with Crippen molar-refractivity contribution >= 4 is 11.7 Å². The highest BCUT2D eigenvalue weighted by Crippen LogP contribution is 2.38. The maximum atomic E-state index is 12.8. The summed E-state index contributed by atoms with van der Waals surface area (Å²) in [5.74, 6) is 2.77. The van der Waals surface area contributed by atoms with Crippen LogP contribution in [0.4, 0.5) is 5.82 Å². The van der Waals surface area contributed by atoms with E-state index in [4.69, 9.17) is 0 Å². The molecule has 24 heavy (non-hydrogen) atoms. The molecule has 6 heteroatoms. The van der Waals surface area contributed by atoms with Crippen LogP contribution < -0.4 is 10.5 Å². The third-order valence-electron chi connectivity index (χ3n) is 6.17. The SMILES string of the molecule is Cn1cnc(N2CCC(C(=O)N3CC4CCCC4C3)CC2)cc1=O. The van der Waals surface area contributed by atoms with E-state index in [0.717, 1.165) is 56.7 Å². The normalized spacial score (nSPS) is 27.5. The van der Waals surface area contributed by atoms with Gasteiger partial charge in [-0.3, -0.25) is 9.59 Å². The number of hydrogen-bond acceptors (Lipinski definition) is 4. The second-order valence-electron chi connectivity index (χ2n) is 7.65. The number of rotatable bonds is 2. The van der Waals surface area contributed by atoms with Crippen molar-refractivity contribution in [1.29, 1.82) is 0 Å². The van der Waals surface area contributed by atoms with Crippen LogP contribution in [0, 0.1) is 17.8 Å². The van der Waals surface area contributed by atoms with E-state index in [1.54, 1.807) is 19.4 Å². The summed E-state index contributed by atoms with van der Waals surface area (Å²) < 4.78 is 1.48. The van der Waals surface area contributed by atoms with Gasteiger partial charge in [0.25, 0.3) is 5.56 Å². The fraction of sp³-hybridized carbons (Fsp3) is 0.722. The van der Waals surface area contributed by atoms with Crippen LogP contribution in [0.5, 0.6) is 0 Å². The quantitative estimate of drug-likeness (QED) is 0.819. The summed E-state index contributed by atoms with van der Waals surface area (Å²) in [6, 6.07) is 1.59. The van der Waals surface area contributed by atoms with Gasteiger partial charge in [0, 0.05) is 45.2 Å². The van der Waals surface area contributed by atoms with E-state index in [2.05, 4.69) is 14.8 Å². The predicted molar refractivity (Wildman–Crippen MR) is 91.8 cm³/mol. The van der Waals surface area contributed by atoms with Crippen molar-refractivity contribution in [2.24, 2.45) is 24.8 Å². The molecular weight excluding hydrogens is 304 g/mol. The lowest BCUT2D eigenvalue weighted by molar-refractivity contribution is -0.135. The Kier molecular flexibility index (Phi) is 4.06. The number of carbonyl (C=O) groups excluding carboxylic acids is 1. The molecule has 1 saturated carbocycles. The van der Waals surface area contributed by atoms with Gasteiger partial charge in [-0.1, -0.05) is 6.42 Å². The lowest BCUT2D eigenvalue weighted by Crippen LogP contribution is -2.42. The minimum absolute atomic E-state index is 0.0400. The first-order valence-corrected chi connectivity index (χ1v) is 9.18. The molecule has 2 saturated heterocycles. The second kappa shape index (κ2) is 6.22. The number of nitrogens with zero attached hydrogens (tertiary/aromatic N) is 4. The van der Waals surface area contributed by atoms with Gasteiger partial charge in [-0.15, -0.1) is 0 Å². The molecule has 1 aliphatic carbocycles. The van der Waals surface area contributed by atoms with Gasteiger partial charge in [0.15, 0.2) is 0 Å². The minimum atomic E-state index is -0.0400. The Bertz CT molecular complexity index is 666. The molecule has 0 radical (unpaired) electrons. The Balaban J connectivity index is 1.35. The molecule has 0 N–H and O–H groups in total. The fourth-order valence-electron chi connectivity index (χ4n) is 4.65. The molecule has 130 valence electrons. The number of fused-ring (bicyclic) bond motifs is 1. The standard InChI is InChI=1S/C18H26N4O2/c1-20-12-19-16(9-17(20)23)21-7-5-13(6-8-21)18(24)22-10-14-3-2-4-15(14)11-22/h9,12-15H,2-8,10-11H2,1H3. The molecule has 0 aromatic carbocycles. The van der Waals surface area contributed by atoms with Gasteiger partial charge in [-0.05, 0) is 37.5 Å². The first kappa shape index (κ1) is 15.7. The Morgan fingerprint density at radius 1 is 1.12 bits per heavy atom. The van der Waals surface area contributed by atoms with Crippen molar-refractivity contribution in [1.82, 2.24) is 14.5 Å². The molecule has 6 nitrogen and oxygen atoms in total. The highest BCUT2D eigenvalue weighted by Gasteiger charge is 2.40. The number of amides is 1. The Labute approximate surface area is 142 Å². The summed E-state index contributed by atoms with van der Waals surface area (Å²) >= 11 is 0. The first-order valence-electron chi connectivity index (χ1n) is 9.18. The number of aromatic nitrogens is 2. The summed E-state index contributed by atoms with van der Waals surface area (Å²) in [5.41, 5.74) is -0.0400. The maximum absolute atomic E-state index is 12.8. The number of hydrogen-bond donors (Lipinski definition) is 0. The summed E-state index contributed by atoms with van der Waals surface area (Å²) in [5, 5.41) is 0. The molecular formula is C18H26N4O2. The van der Waals surface area contributed by atoms with Crippen LogP contribution in [0.2, 0.25) is 0 Å². The first-order chi connectivity index (χ1) is 11.6. The summed E-state index contributed by atoms with van der Waals surface area (Å²) in [6.45, 7) is 3.58. The minimum Gasteiger partial charge on any atom is -0.356 e. The maximum Gasteiger partial charge on any atom is 0.255 e. The van der Waals surface area contributed by atoms with Crippen LogP contribution in [0.1, 0.15) is 32.1 Å². The van der Waals surface area contributed by atoms with Gasteiger partial charge in [0.1, 0.15) is 5.82 Å². The van der Waals surface area contributed by atoms with Crippen LogP contribution in [0.15, 0.2) is 17.2 Å². The summed E-state index contributed by atoms with van der Waals surface area (Å²) in [4.78, 5) is 33.2. The molecule has 2 unspecified atom stereocenters. The molecule has 2 aliphatic heterocycles. The van der Waals surface area contributed by atoms with Crippen molar-refractivity contribution < 1.29 is 4.79 Å². The van der Waals surface area contributed by atoms with E-state index in [0.29, 0.717) is 5.91 Å². The highest BCUT2D eigenvalue weighted by atomic mass is 16.2. The molecule has 1 amide bonds. The van der Waals surface area contributed by atoms with E-state index >= 15 is 0 Å². The van der Waals surface area contributed by atoms with Crippen LogP contribution in [-0.2, 0) is 11.8 Å². The van der Waals surface area contributed by atoms with Crippen LogP contribution in [0.25, 0.3) is 0 Å². The lowest BCUT2D eigenvalue weighted by atomic mass is 9.95. The van der Waals surface area contributed by atoms with Crippen molar-refractivity contribution in [3.05, 3.63) is 22.7 Å². The average Bonchev–Trinajstić information content (AvgIpc) is 3.19. The van der Waals surface area contributed by atoms with E-state index < -0.39 is 0 Å². The van der Waals surface area contributed by atoms with Crippen molar-refractivity contribution in [3.63, 3.8) is 0 Å². The monoisotopic (exact) mass is 330 g/mol. The molecule has 1 aromatic heterocycles. The Morgan fingerprint density at radius 2 is 1.79 bits per heavy atom. The van der Waals surface area contributed by atoms with Gasteiger partial charge >= 0.3 is 0 Å². The van der Waals surface area contributed by atoms with E-state index in [-0.39, 0.29) is 11.5 Å². The topological polar surface area (TPSA) is 58.4 Å². The number of anilines is 1. The zero-order valence-electron chi connectivity index (χ0n) is 14.4. The number of carbonyl (C=O) groups is 1. The van der Waals surface area contributed by atoms with Gasteiger partial charge in [0.05, 0.1) is 6.33 Å². The zero-order valence-corrected chi connectivity index (χ0v) is 14.4. The van der Waals surface area contributed by atoms with E-state index in [9.17, 15) is 9.59 Å². The Hall–Kier alpha value is -1.85. The largest absolute Gasteiger partial charge is 0.356 e. The van der Waals surface area contributed by atoms with Gasteiger partial charge in [0.2, 0.25) is 5.91 Å². The summed E-state index contributed by atoms with van der Waals surface area (Å²) in [6.07, 6.45) is 7.25. The van der Waals surface area contributed by atoms with Crippen molar-refractivity contribution in [3.8, 4) is 0 Å². The van der Waals surface area contributed by atoms with Crippen molar-refractivity contribution in [2.75, 3.05) is 31.1 Å². The lowest BCUT2D eigenvalue weighted by Gasteiger charge is -2.34. The Morgan fingerprint density at radius 3 is 2.42 bits per heavy atom. The third kappa shape index (κ3) is 2.82. The molecule has 0 spiro atoms. The van der Waals surface area contributed by atoms with Crippen LogP contribution in [-0.4, -0.2) is 46.5 Å². The summed E-state index contributed by atoms with van der Waals surface area (Å²) in [7, 11) is 1.70. The smallest absolute Gasteiger partial charge is 0.255 e. The molecule has 3 aliphatic rings. The molecule has 3 heterocycles. The van der Waals surface area contributed by atoms with Crippen LogP contribution >= 0.6 is 0 Å². The number of piperidine rings is 1. The van der Waals surface area contributed by atoms with Crippen LogP contribution in [0.3, 0.4) is 0 Å². The molecule has 4 rings (SSSR count). The fourth-order valence-corrected chi connectivity index (χ4v) is 4.65.